The average molecular weight is 268 g/mol. The molecule has 0 aromatic rings. The van der Waals surface area contributed by atoms with Gasteiger partial charge in [0.1, 0.15) is 0 Å². The first-order chi connectivity index (χ1) is 9.10. The van der Waals surface area contributed by atoms with Crippen molar-refractivity contribution < 1.29 is 14.7 Å². The lowest BCUT2D eigenvalue weighted by Crippen LogP contribution is -2.37. The molecule has 0 heterocycles. The van der Waals surface area contributed by atoms with Crippen molar-refractivity contribution in [3.63, 3.8) is 0 Å². The summed E-state index contributed by atoms with van der Waals surface area (Å²) < 4.78 is 0. The van der Waals surface area contributed by atoms with Gasteiger partial charge in [-0.05, 0) is 18.8 Å². The number of hydrogen-bond acceptors (Lipinski definition) is 2. The Morgan fingerprint density at radius 1 is 1.21 bits per heavy atom. The summed E-state index contributed by atoms with van der Waals surface area (Å²) in [6, 6.07) is -0.219. The molecule has 0 aliphatic heterocycles. The Morgan fingerprint density at radius 3 is 2.47 bits per heavy atom. The highest BCUT2D eigenvalue weighted by atomic mass is 16.4. The van der Waals surface area contributed by atoms with E-state index in [1.54, 1.807) is 0 Å². The lowest BCUT2D eigenvalue weighted by molar-refractivity contribution is -0.137. The van der Waals surface area contributed by atoms with Crippen LogP contribution in [0.1, 0.15) is 45.4 Å². The van der Waals surface area contributed by atoms with Crippen LogP contribution in [0, 0.1) is 18.3 Å². The number of aliphatic carboxylic acids is 1. The topological polar surface area (TPSA) is 78.4 Å². The van der Waals surface area contributed by atoms with Crippen molar-refractivity contribution in [2.75, 3.05) is 13.1 Å². The van der Waals surface area contributed by atoms with E-state index in [-0.39, 0.29) is 12.5 Å². The van der Waals surface area contributed by atoms with E-state index < -0.39 is 5.97 Å². The number of terminal acetylenes is 1. The Bertz CT molecular complexity index is 310. The molecule has 0 saturated heterocycles. The highest BCUT2D eigenvalue weighted by Gasteiger charge is 2.10. The van der Waals surface area contributed by atoms with Crippen molar-refractivity contribution >= 4 is 12.0 Å². The molecular formula is C14H24N2O3. The largest absolute Gasteiger partial charge is 0.481 e. The number of hydrogen-bond donors (Lipinski definition) is 3. The molecule has 0 aromatic heterocycles. The number of carbonyl (C=O) groups excluding carboxylic acids is 1. The maximum absolute atomic E-state index is 11.3. The van der Waals surface area contributed by atoms with Crippen molar-refractivity contribution in [2.24, 2.45) is 5.92 Å². The minimum Gasteiger partial charge on any atom is -0.481 e. The third kappa shape index (κ3) is 11.1. The number of nitrogens with one attached hydrogen (secondary N) is 2. The van der Waals surface area contributed by atoms with Gasteiger partial charge in [0, 0.05) is 25.9 Å². The Morgan fingerprint density at radius 2 is 1.89 bits per heavy atom. The van der Waals surface area contributed by atoms with E-state index in [0.29, 0.717) is 31.8 Å². The number of urea groups is 1. The summed E-state index contributed by atoms with van der Waals surface area (Å²) in [4.78, 5) is 21.9. The van der Waals surface area contributed by atoms with E-state index in [9.17, 15) is 9.59 Å². The van der Waals surface area contributed by atoms with Crippen LogP contribution in [0.3, 0.4) is 0 Å². The minimum atomic E-state index is -0.763. The maximum Gasteiger partial charge on any atom is 0.314 e. The quantitative estimate of drug-likeness (QED) is 0.419. The van der Waals surface area contributed by atoms with Gasteiger partial charge in [0.25, 0.3) is 0 Å². The molecule has 0 radical (unpaired) electrons. The monoisotopic (exact) mass is 268 g/mol. The number of carboxylic acids is 1. The van der Waals surface area contributed by atoms with Gasteiger partial charge in [-0.3, -0.25) is 4.79 Å². The van der Waals surface area contributed by atoms with E-state index in [0.717, 1.165) is 19.3 Å². The Labute approximate surface area is 115 Å². The lowest BCUT2D eigenvalue weighted by atomic mass is 9.94. The fourth-order valence-electron chi connectivity index (χ4n) is 1.87. The summed E-state index contributed by atoms with van der Waals surface area (Å²) in [5, 5.41) is 14.1. The molecule has 108 valence electrons. The summed E-state index contributed by atoms with van der Waals surface area (Å²) in [7, 11) is 0. The van der Waals surface area contributed by atoms with Gasteiger partial charge in [-0.2, -0.15) is 0 Å². The standard InChI is InChI=1S/C14H24N2O3/c1-3-5-10-15-14(19)16-11-9-12(6-4-2)7-8-13(17)18/h1,12H,4-11H2,2H3,(H,17,18)(H2,15,16,19). The van der Waals surface area contributed by atoms with Crippen LogP contribution in [0.15, 0.2) is 0 Å². The van der Waals surface area contributed by atoms with E-state index >= 15 is 0 Å². The second kappa shape index (κ2) is 11.4. The van der Waals surface area contributed by atoms with Crippen LogP contribution in [0.25, 0.3) is 0 Å². The van der Waals surface area contributed by atoms with Crippen LogP contribution in [0.5, 0.6) is 0 Å². The average Bonchev–Trinajstić information content (AvgIpc) is 2.36. The first-order valence-corrected chi connectivity index (χ1v) is 6.77. The van der Waals surface area contributed by atoms with E-state index in [4.69, 9.17) is 11.5 Å². The van der Waals surface area contributed by atoms with E-state index in [2.05, 4.69) is 23.5 Å². The molecule has 3 N–H and O–H groups in total. The molecule has 5 heteroatoms. The van der Waals surface area contributed by atoms with Gasteiger partial charge < -0.3 is 15.7 Å². The first kappa shape index (κ1) is 17.3. The van der Waals surface area contributed by atoms with Crippen LogP contribution < -0.4 is 10.6 Å². The number of carboxylic acid groups (broad SMARTS) is 1. The molecule has 5 nitrogen and oxygen atoms in total. The normalized spacial score (nSPS) is 11.4. The molecule has 19 heavy (non-hydrogen) atoms. The predicted octanol–water partition coefficient (Wildman–Crippen LogP) is 1.98. The van der Waals surface area contributed by atoms with Gasteiger partial charge in [-0.25, -0.2) is 4.79 Å². The second-order valence-corrected chi connectivity index (χ2v) is 4.51. The van der Waals surface area contributed by atoms with Crippen LogP contribution in [-0.2, 0) is 4.79 Å². The van der Waals surface area contributed by atoms with Crippen molar-refractivity contribution in [1.82, 2.24) is 10.6 Å². The van der Waals surface area contributed by atoms with Gasteiger partial charge in [-0.15, -0.1) is 12.3 Å². The number of amides is 2. The number of rotatable bonds is 10. The van der Waals surface area contributed by atoms with Gasteiger partial charge in [0.15, 0.2) is 0 Å². The van der Waals surface area contributed by atoms with Crippen LogP contribution in [0.4, 0.5) is 4.79 Å². The predicted molar refractivity (Wildman–Crippen MR) is 74.7 cm³/mol. The summed E-state index contributed by atoms with van der Waals surface area (Å²) in [5.74, 6) is 2.03. The summed E-state index contributed by atoms with van der Waals surface area (Å²) >= 11 is 0. The Kier molecular flexibility index (Phi) is 10.4. The molecule has 0 saturated carbocycles. The smallest absolute Gasteiger partial charge is 0.314 e. The van der Waals surface area contributed by atoms with Crippen molar-refractivity contribution in [2.45, 2.75) is 45.4 Å². The molecule has 1 unspecified atom stereocenters. The molecule has 0 fully saturated rings. The van der Waals surface area contributed by atoms with Crippen molar-refractivity contribution in [1.29, 1.82) is 0 Å². The highest BCUT2D eigenvalue weighted by molar-refractivity contribution is 5.73. The highest BCUT2D eigenvalue weighted by Crippen LogP contribution is 2.16. The Hall–Kier alpha value is -1.70. The number of carbonyl (C=O) groups is 2. The second-order valence-electron chi connectivity index (χ2n) is 4.51. The molecule has 0 bridgehead atoms. The minimum absolute atomic E-state index is 0.193. The SMILES string of the molecule is C#CCCNC(=O)NCCC(CCC)CCC(=O)O. The van der Waals surface area contributed by atoms with E-state index in [1.165, 1.54) is 0 Å². The molecule has 0 aromatic carbocycles. The Balaban J connectivity index is 3.76. The van der Waals surface area contributed by atoms with Crippen LogP contribution >= 0.6 is 0 Å². The third-order valence-electron chi connectivity index (χ3n) is 2.86. The fraction of sp³-hybridized carbons (Fsp3) is 0.714. The van der Waals surface area contributed by atoms with Crippen molar-refractivity contribution in [3.05, 3.63) is 0 Å². The zero-order chi connectivity index (χ0) is 14.5. The summed E-state index contributed by atoms with van der Waals surface area (Å²) in [5.41, 5.74) is 0. The van der Waals surface area contributed by atoms with Gasteiger partial charge in [0.05, 0.1) is 0 Å². The molecular weight excluding hydrogens is 244 g/mol. The first-order valence-electron chi connectivity index (χ1n) is 6.77. The lowest BCUT2D eigenvalue weighted by Gasteiger charge is -2.15. The third-order valence-corrected chi connectivity index (χ3v) is 2.86. The van der Waals surface area contributed by atoms with Gasteiger partial charge >= 0.3 is 12.0 Å². The summed E-state index contributed by atoms with van der Waals surface area (Å²) in [6.07, 6.45) is 9.29. The van der Waals surface area contributed by atoms with Gasteiger partial charge in [0.2, 0.25) is 0 Å². The molecule has 0 aliphatic rings. The molecule has 0 spiro atoms. The zero-order valence-corrected chi connectivity index (χ0v) is 11.6. The van der Waals surface area contributed by atoms with Crippen LogP contribution in [0.2, 0.25) is 0 Å². The molecule has 0 rings (SSSR count). The van der Waals surface area contributed by atoms with Gasteiger partial charge in [-0.1, -0.05) is 19.8 Å². The van der Waals surface area contributed by atoms with Crippen molar-refractivity contribution in [3.8, 4) is 12.3 Å². The summed E-state index contributed by atoms with van der Waals surface area (Å²) in [6.45, 7) is 3.11. The molecule has 0 aliphatic carbocycles. The zero-order valence-electron chi connectivity index (χ0n) is 11.6. The molecule has 1 atom stereocenters. The fourth-order valence-corrected chi connectivity index (χ4v) is 1.87. The molecule has 2 amide bonds. The van der Waals surface area contributed by atoms with E-state index in [1.807, 2.05) is 0 Å². The van der Waals surface area contributed by atoms with Crippen LogP contribution in [-0.4, -0.2) is 30.2 Å². The maximum atomic E-state index is 11.3.